The van der Waals surface area contributed by atoms with Gasteiger partial charge in [0.05, 0.1) is 5.69 Å². The Kier molecular flexibility index (Phi) is 6.37. The summed E-state index contributed by atoms with van der Waals surface area (Å²) in [4.78, 5) is 13.9. The zero-order valence-electron chi connectivity index (χ0n) is 15.3. The summed E-state index contributed by atoms with van der Waals surface area (Å²) >= 11 is 0. The molecule has 0 aromatic heterocycles. The molecular formula is C23H15N3O3. The Balaban J connectivity index is 1.82. The smallest absolute Gasteiger partial charge is 0.292 e. The van der Waals surface area contributed by atoms with Gasteiger partial charge in [-0.3, -0.25) is 0 Å². The molecule has 3 aromatic carbocycles. The van der Waals surface area contributed by atoms with Crippen molar-refractivity contribution in [1.82, 2.24) is 0 Å². The van der Waals surface area contributed by atoms with Crippen LogP contribution in [-0.2, 0) is 17.6 Å². The minimum absolute atomic E-state index is 0.478. The number of hydrogen-bond donors (Lipinski definition) is 0. The first-order valence-corrected chi connectivity index (χ1v) is 8.70. The fourth-order valence-electron chi connectivity index (χ4n) is 2.98. The number of hydrogen-bond acceptors (Lipinski definition) is 6. The Hall–Kier alpha value is -4.38. The van der Waals surface area contributed by atoms with Gasteiger partial charge in [-0.05, 0) is 71.5 Å². The van der Waals surface area contributed by atoms with Gasteiger partial charge in [-0.15, -0.1) is 10.5 Å². The predicted molar refractivity (Wildman–Crippen MR) is 105 cm³/mol. The van der Waals surface area contributed by atoms with Gasteiger partial charge >= 0.3 is 0 Å². The molecule has 0 fully saturated rings. The molecule has 0 aliphatic rings. The van der Waals surface area contributed by atoms with Gasteiger partial charge in [-0.2, -0.15) is 4.99 Å². The quantitative estimate of drug-likeness (QED) is 0.340. The average molecular weight is 381 g/mol. The summed E-state index contributed by atoms with van der Waals surface area (Å²) in [5.41, 5.74) is 4.60. The maximum Gasteiger partial charge on any atom is 0.292 e. The standard InChI is InChI=1S/C23H15N3O3/c24-14-28-22-7-3-18(4-8-22)10-20-11-19(12-23(13-20)29-15-25)9-17-1-5-21(6-2-17)26-16-27/h1-8,11-13H,9-10H2. The molecule has 6 heteroatoms. The number of carbonyl (C=O) groups excluding carboxylic acids is 1. The Morgan fingerprint density at radius 3 is 1.72 bits per heavy atom. The highest BCUT2D eigenvalue weighted by atomic mass is 16.5. The van der Waals surface area contributed by atoms with Crippen molar-refractivity contribution < 1.29 is 14.3 Å². The topological polar surface area (TPSA) is 95.5 Å². The monoisotopic (exact) mass is 381 g/mol. The Labute approximate surface area is 167 Å². The fraction of sp³-hybridized carbons (Fsp3) is 0.0870. The van der Waals surface area contributed by atoms with Crippen LogP contribution in [0.25, 0.3) is 0 Å². The van der Waals surface area contributed by atoms with E-state index in [1.165, 1.54) is 6.08 Å². The van der Waals surface area contributed by atoms with Crippen molar-refractivity contribution in [2.75, 3.05) is 0 Å². The average Bonchev–Trinajstić information content (AvgIpc) is 2.72. The van der Waals surface area contributed by atoms with Crippen LogP contribution in [0.3, 0.4) is 0 Å². The van der Waals surface area contributed by atoms with E-state index in [-0.39, 0.29) is 0 Å². The molecule has 0 amide bonds. The first-order valence-electron chi connectivity index (χ1n) is 8.70. The molecule has 140 valence electrons. The second kappa shape index (κ2) is 9.53. The highest BCUT2D eigenvalue weighted by molar-refractivity contribution is 5.49. The third-order valence-corrected chi connectivity index (χ3v) is 4.20. The van der Waals surface area contributed by atoms with Gasteiger partial charge in [0.2, 0.25) is 6.08 Å². The predicted octanol–water partition coefficient (Wildman–Crippen LogP) is 4.56. The third-order valence-electron chi connectivity index (χ3n) is 4.20. The normalized spacial score (nSPS) is 9.59. The van der Waals surface area contributed by atoms with Gasteiger partial charge < -0.3 is 9.47 Å². The second-order valence-corrected chi connectivity index (χ2v) is 6.24. The van der Waals surface area contributed by atoms with Gasteiger partial charge in [0, 0.05) is 0 Å². The van der Waals surface area contributed by atoms with Crippen LogP contribution in [0, 0.1) is 23.0 Å². The summed E-state index contributed by atoms with van der Waals surface area (Å²) < 4.78 is 9.85. The molecule has 0 spiro atoms. The van der Waals surface area contributed by atoms with Crippen molar-refractivity contribution in [3.63, 3.8) is 0 Å². The lowest BCUT2D eigenvalue weighted by atomic mass is 9.98. The molecule has 0 atom stereocenters. The first kappa shape index (κ1) is 19.4. The number of ether oxygens (including phenoxy) is 2. The molecule has 0 N–H and O–H groups in total. The lowest BCUT2D eigenvalue weighted by Gasteiger charge is -2.09. The molecule has 0 radical (unpaired) electrons. The molecule has 0 aliphatic heterocycles. The molecule has 0 saturated carbocycles. The van der Waals surface area contributed by atoms with Crippen molar-refractivity contribution in [3.8, 4) is 24.0 Å². The zero-order valence-corrected chi connectivity index (χ0v) is 15.3. The van der Waals surface area contributed by atoms with E-state index in [0.717, 1.165) is 22.3 Å². The molecule has 0 unspecified atom stereocenters. The van der Waals surface area contributed by atoms with Crippen molar-refractivity contribution in [3.05, 3.63) is 89.0 Å². The van der Waals surface area contributed by atoms with Gasteiger partial charge in [0.25, 0.3) is 12.5 Å². The van der Waals surface area contributed by atoms with Crippen LogP contribution >= 0.6 is 0 Å². The van der Waals surface area contributed by atoms with E-state index < -0.39 is 0 Å². The van der Waals surface area contributed by atoms with Gasteiger partial charge in [-0.1, -0.05) is 30.3 Å². The fourth-order valence-corrected chi connectivity index (χ4v) is 2.98. The molecule has 3 aromatic rings. The molecule has 0 heterocycles. The summed E-state index contributed by atoms with van der Waals surface area (Å²) in [6.07, 6.45) is 6.15. The highest BCUT2D eigenvalue weighted by Gasteiger charge is 2.06. The SMILES string of the molecule is N#COc1ccc(Cc2cc(Cc3ccc(N=C=O)cc3)cc(OC#N)c2)cc1. The van der Waals surface area contributed by atoms with Crippen molar-refractivity contribution in [1.29, 1.82) is 10.5 Å². The van der Waals surface area contributed by atoms with Crippen LogP contribution in [-0.4, -0.2) is 6.08 Å². The highest BCUT2D eigenvalue weighted by Crippen LogP contribution is 2.23. The number of benzene rings is 3. The van der Waals surface area contributed by atoms with E-state index in [2.05, 4.69) is 11.1 Å². The van der Waals surface area contributed by atoms with E-state index >= 15 is 0 Å². The molecule has 6 nitrogen and oxygen atoms in total. The summed E-state index contributed by atoms with van der Waals surface area (Å²) in [7, 11) is 0. The molecular weight excluding hydrogens is 366 g/mol. The minimum Gasteiger partial charge on any atom is -0.388 e. The molecule has 3 rings (SSSR count). The van der Waals surface area contributed by atoms with Crippen molar-refractivity contribution >= 4 is 11.8 Å². The van der Waals surface area contributed by atoms with Crippen LogP contribution < -0.4 is 9.47 Å². The van der Waals surface area contributed by atoms with E-state index in [0.29, 0.717) is 30.0 Å². The van der Waals surface area contributed by atoms with E-state index in [1.54, 1.807) is 36.8 Å². The lowest BCUT2D eigenvalue weighted by Crippen LogP contribution is -1.95. The lowest BCUT2D eigenvalue weighted by molar-refractivity contribution is 0.505. The maximum atomic E-state index is 10.3. The van der Waals surface area contributed by atoms with Crippen LogP contribution in [0.1, 0.15) is 22.3 Å². The van der Waals surface area contributed by atoms with Gasteiger partial charge in [-0.25, -0.2) is 4.79 Å². The molecule has 0 bridgehead atoms. The summed E-state index contributed by atoms with van der Waals surface area (Å²) in [6, 6.07) is 20.2. The van der Waals surface area contributed by atoms with Crippen molar-refractivity contribution in [2.45, 2.75) is 12.8 Å². The van der Waals surface area contributed by atoms with E-state index in [1.807, 2.05) is 36.4 Å². The minimum atomic E-state index is 0.478. The third kappa shape index (κ3) is 5.55. The number of nitriles is 2. The summed E-state index contributed by atoms with van der Waals surface area (Å²) in [6.45, 7) is 0. The van der Waals surface area contributed by atoms with Crippen molar-refractivity contribution in [2.24, 2.45) is 4.99 Å². The number of rotatable bonds is 7. The Morgan fingerprint density at radius 1 is 0.690 bits per heavy atom. The van der Waals surface area contributed by atoms with Crippen LogP contribution in [0.4, 0.5) is 5.69 Å². The Bertz CT molecular complexity index is 1120. The molecule has 29 heavy (non-hydrogen) atoms. The first-order chi connectivity index (χ1) is 14.2. The summed E-state index contributed by atoms with van der Waals surface area (Å²) in [5.74, 6) is 0.965. The zero-order chi connectivity index (χ0) is 20.5. The van der Waals surface area contributed by atoms with E-state index in [4.69, 9.17) is 20.0 Å². The Morgan fingerprint density at radius 2 is 1.21 bits per heavy atom. The summed E-state index contributed by atoms with van der Waals surface area (Å²) in [5, 5.41) is 17.5. The van der Waals surface area contributed by atoms with E-state index in [9.17, 15) is 4.79 Å². The van der Waals surface area contributed by atoms with Crippen LogP contribution in [0.5, 0.6) is 11.5 Å². The number of isocyanates is 1. The second-order valence-electron chi connectivity index (χ2n) is 6.24. The molecule has 0 aliphatic carbocycles. The van der Waals surface area contributed by atoms with Crippen LogP contribution in [0.2, 0.25) is 0 Å². The van der Waals surface area contributed by atoms with Gasteiger partial charge in [0.15, 0.2) is 0 Å². The maximum absolute atomic E-state index is 10.3. The number of aliphatic imine (C=N–C) groups is 1. The van der Waals surface area contributed by atoms with Gasteiger partial charge in [0.1, 0.15) is 11.5 Å². The molecule has 0 saturated heterocycles. The largest absolute Gasteiger partial charge is 0.388 e. The number of nitrogens with zero attached hydrogens (tertiary/aromatic N) is 3. The van der Waals surface area contributed by atoms with Crippen LogP contribution in [0.15, 0.2) is 71.7 Å².